The number of nitrogens with zero attached hydrogens (tertiary/aromatic N) is 4. The summed E-state index contributed by atoms with van der Waals surface area (Å²) in [7, 11) is 0. The van der Waals surface area contributed by atoms with Crippen LogP contribution in [0, 0.1) is 0 Å². The highest BCUT2D eigenvalue weighted by Gasteiger charge is 2.12. The highest BCUT2D eigenvalue weighted by Crippen LogP contribution is 2.21. The van der Waals surface area contributed by atoms with E-state index >= 15 is 0 Å². The minimum absolute atomic E-state index is 0.316. The quantitative estimate of drug-likeness (QED) is 0.636. The summed E-state index contributed by atoms with van der Waals surface area (Å²) in [6.45, 7) is 7.15. The normalized spacial score (nSPS) is 11.0. The lowest BCUT2D eigenvalue weighted by atomic mass is 10.1. The zero-order valence-corrected chi connectivity index (χ0v) is 11.6. The van der Waals surface area contributed by atoms with Crippen LogP contribution in [-0.4, -0.2) is 19.7 Å². The van der Waals surface area contributed by atoms with E-state index in [1.165, 1.54) is 0 Å². The van der Waals surface area contributed by atoms with Crippen molar-refractivity contribution < 1.29 is 0 Å². The third-order valence-corrected chi connectivity index (χ3v) is 2.87. The lowest BCUT2D eigenvalue weighted by molar-refractivity contribution is 0.606. The topological polar surface area (TPSA) is 81.7 Å². The van der Waals surface area contributed by atoms with E-state index in [2.05, 4.69) is 41.3 Å². The summed E-state index contributed by atoms with van der Waals surface area (Å²) in [6.07, 6.45) is 2.78. The van der Waals surface area contributed by atoms with E-state index in [0.717, 1.165) is 24.4 Å². The molecule has 0 radical (unpaired) electrons. The molecule has 0 fully saturated rings. The molecule has 0 amide bonds. The molecule has 0 saturated carbocycles. The molecule has 2 aromatic heterocycles. The van der Waals surface area contributed by atoms with Crippen LogP contribution >= 0.6 is 0 Å². The molecule has 0 saturated heterocycles. The fourth-order valence-electron chi connectivity index (χ4n) is 1.86. The number of hydrogen-bond acceptors (Lipinski definition) is 5. The molecule has 0 aliphatic heterocycles. The lowest BCUT2D eigenvalue weighted by Gasteiger charge is -2.11. The Labute approximate surface area is 113 Å². The third-order valence-electron chi connectivity index (χ3n) is 2.87. The summed E-state index contributed by atoms with van der Waals surface area (Å²) in [5, 5.41) is 4.30. The second-order valence-corrected chi connectivity index (χ2v) is 4.74. The van der Waals surface area contributed by atoms with Crippen LogP contribution in [0.15, 0.2) is 18.3 Å². The number of nitrogens with one attached hydrogen (secondary N) is 1. The van der Waals surface area contributed by atoms with Gasteiger partial charge in [0.2, 0.25) is 0 Å². The predicted octanol–water partition coefficient (Wildman–Crippen LogP) is 2.16. The maximum Gasteiger partial charge on any atom is 0.180 e. The van der Waals surface area contributed by atoms with E-state index in [1.807, 2.05) is 16.8 Å². The zero-order valence-electron chi connectivity index (χ0n) is 11.6. The molecular weight excluding hydrogens is 240 g/mol. The number of aryl methyl sites for hydroxylation is 1. The third kappa shape index (κ3) is 2.90. The van der Waals surface area contributed by atoms with E-state index in [-0.39, 0.29) is 0 Å². The molecule has 102 valence electrons. The van der Waals surface area contributed by atoms with Gasteiger partial charge in [-0.2, -0.15) is 5.10 Å². The van der Waals surface area contributed by atoms with Gasteiger partial charge in [0, 0.05) is 24.5 Å². The summed E-state index contributed by atoms with van der Waals surface area (Å²) in [5.74, 6) is 7.07. The molecule has 0 aliphatic carbocycles. The van der Waals surface area contributed by atoms with Gasteiger partial charge in [-0.1, -0.05) is 20.8 Å². The molecule has 6 heteroatoms. The molecule has 6 nitrogen and oxygen atoms in total. The second-order valence-electron chi connectivity index (χ2n) is 4.74. The minimum Gasteiger partial charge on any atom is -0.308 e. The molecule has 3 N–H and O–H groups in total. The first-order valence-electron chi connectivity index (χ1n) is 6.53. The summed E-state index contributed by atoms with van der Waals surface area (Å²) in [4.78, 5) is 9.01. The van der Waals surface area contributed by atoms with E-state index in [9.17, 15) is 0 Å². The molecule has 0 bridgehead atoms. The lowest BCUT2D eigenvalue weighted by Crippen LogP contribution is -2.12. The number of hydrogen-bond donors (Lipinski definition) is 2. The average Bonchev–Trinajstić information content (AvgIpc) is 2.87. The Hall–Kier alpha value is -1.95. The first-order chi connectivity index (χ1) is 9.15. The van der Waals surface area contributed by atoms with Crippen molar-refractivity contribution in [3.05, 3.63) is 24.0 Å². The molecule has 0 atom stereocenters. The minimum atomic E-state index is 0.316. The Kier molecular flexibility index (Phi) is 4.11. The van der Waals surface area contributed by atoms with E-state index in [4.69, 9.17) is 5.84 Å². The van der Waals surface area contributed by atoms with Gasteiger partial charge in [0.25, 0.3) is 0 Å². The van der Waals surface area contributed by atoms with Gasteiger partial charge < -0.3 is 5.43 Å². The molecule has 0 aromatic carbocycles. The van der Waals surface area contributed by atoms with Crippen molar-refractivity contribution in [2.24, 2.45) is 5.84 Å². The molecule has 0 spiro atoms. The number of rotatable bonds is 5. The highest BCUT2D eigenvalue weighted by atomic mass is 15.3. The van der Waals surface area contributed by atoms with Gasteiger partial charge in [-0.05, 0) is 18.4 Å². The van der Waals surface area contributed by atoms with E-state index < -0.39 is 0 Å². The fourth-order valence-corrected chi connectivity index (χ4v) is 1.86. The van der Waals surface area contributed by atoms with Crippen molar-refractivity contribution in [3.63, 3.8) is 0 Å². The van der Waals surface area contributed by atoms with Gasteiger partial charge in [-0.3, -0.25) is 4.68 Å². The van der Waals surface area contributed by atoms with Crippen molar-refractivity contribution in [2.75, 3.05) is 5.43 Å². The highest BCUT2D eigenvalue weighted by molar-refractivity contribution is 5.53. The molecule has 2 aromatic rings. The Morgan fingerprint density at radius 1 is 1.37 bits per heavy atom. The molecule has 0 aliphatic rings. The summed E-state index contributed by atoms with van der Waals surface area (Å²) in [5.41, 5.74) is 4.47. The Balaban J connectivity index is 2.48. The largest absolute Gasteiger partial charge is 0.308 e. The molecule has 0 unspecified atom stereocenters. The molecule has 2 heterocycles. The van der Waals surface area contributed by atoms with Crippen LogP contribution in [0.2, 0.25) is 0 Å². The van der Waals surface area contributed by atoms with Gasteiger partial charge in [0.1, 0.15) is 11.5 Å². The molecule has 2 rings (SSSR count). The summed E-state index contributed by atoms with van der Waals surface area (Å²) < 4.78 is 1.92. The van der Waals surface area contributed by atoms with Crippen LogP contribution in [0.25, 0.3) is 11.5 Å². The first-order valence-corrected chi connectivity index (χ1v) is 6.53. The summed E-state index contributed by atoms with van der Waals surface area (Å²) in [6, 6.07) is 3.80. The van der Waals surface area contributed by atoms with Crippen molar-refractivity contribution in [2.45, 2.75) is 39.7 Å². The van der Waals surface area contributed by atoms with Crippen LogP contribution < -0.4 is 11.3 Å². The smallest absolute Gasteiger partial charge is 0.180 e. The average molecular weight is 260 g/mol. The molecular formula is C13H20N6. The van der Waals surface area contributed by atoms with Gasteiger partial charge in [-0.15, -0.1) is 0 Å². The van der Waals surface area contributed by atoms with Gasteiger partial charge >= 0.3 is 0 Å². The van der Waals surface area contributed by atoms with Crippen molar-refractivity contribution in [3.8, 4) is 11.5 Å². The van der Waals surface area contributed by atoms with Gasteiger partial charge in [0.05, 0.1) is 0 Å². The first kappa shape index (κ1) is 13.5. The van der Waals surface area contributed by atoms with Crippen LogP contribution in [0.4, 0.5) is 5.82 Å². The van der Waals surface area contributed by atoms with Crippen LogP contribution in [0.1, 0.15) is 38.8 Å². The Bertz CT molecular complexity index is 546. The van der Waals surface area contributed by atoms with Crippen molar-refractivity contribution in [1.82, 2.24) is 19.7 Å². The Morgan fingerprint density at radius 3 is 2.79 bits per heavy atom. The summed E-state index contributed by atoms with van der Waals surface area (Å²) >= 11 is 0. The second kappa shape index (κ2) is 5.79. The molecule has 19 heavy (non-hydrogen) atoms. The number of aromatic nitrogens is 4. The van der Waals surface area contributed by atoms with Crippen LogP contribution in [0.3, 0.4) is 0 Å². The van der Waals surface area contributed by atoms with Crippen LogP contribution in [-0.2, 0) is 6.54 Å². The maximum absolute atomic E-state index is 5.48. The standard InChI is InChI=1S/C13H20N6/c1-4-7-19-11(5-6-15-19)13-16-10(9(2)3)8-12(17-13)18-14/h5-6,8-9H,4,7,14H2,1-3H3,(H,16,17,18). The van der Waals surface area contributed by atoms with Crippen LogP contribution in [0.5, 0.6) is 0 Å². The Morgan fingerprint density at radius 2 is 2.16 bits per heavy atom. The monoisotopic (exact) mass is 260 g/mol. The van der Waals surface area contributed by atoms with E-state index in [0.29, 0.717) is 17.6 Å². The number of hydrazine groups is 1. The number of anilines is 1. The predicted molar refractivity (Wildman–Crippen MR) is 75.4 cm³/mol. The van der Waals surface area contributed by atoms with Crippen molar-refractivity contribution >= 4 is 5.82 Å². The van der Waals surface area contributed by atoms with Gasteiger partial charge in [0.15, 0.2) is 5.82 Å². The number of nitrogens with two attached hydrogens (primary N) is 1. The van der Waals surface area contributed by atoms with Gasteiger partial charge in [-0.25, -0.2) is 15.8 Å². The zero-order chi connectivity index (χ0) is 13.8. The SMILES string of the molecule is CCCn1nccc1-c1nc(NN)cc(C(C)C)n1. The number of nitrogen functional groups attached to an aromatic ring is 1. The van der Waals surface area contributed by atoms with Crippen molar-refractivity contribution in [1.29, 1.82) is 0 Å². The van der Waals surface area contributed by atoms with E-state index in [1.54, 1.807) is 6.20 Å². The fraction of sp³-hybridized carbons (Fsp3) is 0.462. The maximum atomic E-state index is 5.48.